The minimum Gasteiger partial charge on any atom is -0.355 e. The molecular weight excluding hydrogens is 240 g/mol. The molecule has 102 valence electrons. The average Bonchev–Trinajstić information content (AvgIpc) is 2.81. The molecule has 2 aromatic rings. The predicted molar refractivity (Wildman–Crippen MR) is 76.1 cm³/mol. The molecule has 0 saturated carbocycles. The summed E-state index contributed by atoms with van der Waals surface area (Å²) in [4.78, 5) is 19.4. The molecule has 0 aliphatic carbocycles. The van der Waals surface area contributed by atoms with Crippen LogP contribution in [0.4, 0.5) is 0 Å². The number of likely N-dealkylation sites (N-methyl/N-ethyl adjacent to an activating group) is 1. The van der Waals surface area contributed by atoms with Crippen LogP contribution in [-0.4, -0.2) is 36.0 Å². The Bertz CT molecular complexity index is 562. The maximum absolute atomic E-state index is 11.6. The average molecular weight is 260 g/mol. The molecular formula is C14H20N4O. The lowest BCUT2D eigenvalue weighted by Crippen LogP contribution is -2.30. The lowest BCUT2D eigenvalue weighted by atomic mass is 10.2. The summed E-state index contributed by atoms with van der Waals surface area (Å²) in [5.41, 5.74) is 3.18. The van der Waals surface area contributed by atoms with E-state index in [0.717, 1.165) is 29.0 Å². The molecule has 1 aromatic heterocycles. The molecule has 1 amide bonds. The third-order valence-corrected chi connectivity index (χ3v) is 3.05. The minimum atomic E-state index is 0.0624. The second-order valence-corrected chi connectivity index (χ2v) is 4.61. The van der Waals surface area contributed by atoms with Crippen molar-refractivity contribution in [1.29, 1.82) is 0 Å². The van der Waals surface area contributed by atoms with Gasteiger partial charge in [0, 0.05) is 25.9 Å². The quantitative estimate of drug-likeness (QED) is 0.682. The summed E-state index contributed by atoms with van der Waals surface area (Å²) in [5.74, 6) is 0.931. The van der Waals surface area contributed by atoms with E-state index in [-0.39, 0.29) is 5.91 Å². The van der Waals surface area contributed by atoms with E-state index in [1.165, 1.54) is 0 Å². The highest BCUT2D eigenvalue weighted by Crippen LogP contribution is 2.15. The number of benzene rings is 1. The number of carbonyl (C=O) groups is 1. The number of aryl methyl sites for hydroxylation is 2. The van der Waals surface area contributed by atoms with E-state index in [2.05, 4.69) is 20.6 Å². The van der Waals surface area contributed by atoms with Crippen molar-refractivity contribution >= 4 is 16.9 Å². The molecule has 19 heavy (non-hydrogen) atoms. The number of amides is 1. The highest BCUT2D eigenvalue weighted by atomic mass is 16.1. The van der Waals surface area contributed by atoms with Crippen LogP contribution in [0.15, 0.2) is 18.2 Å². The Morgan fingerprint density at radius 1 is 1.37 bits per heavy atom. The molecule has 5 heteroatoms. The van der Waals surface area contributed by atoms with Crippen LogP contribution >= 0.6 is 0 Å². The smallest absolute Gasteiger partial charge is 0.220 e. The molecule has 2 rings (SSSR count). The van der Waals surface area contributed by atoms with Gasteiger partial charge in [-0.2, -0.15) is 0 Å². The van der Waals surface area contributed by atoms with E-state index in [0.29, 0.717) is 19.4 Å². The molecule has 0 fully saturated rings. The summed E-state index contributed by atoms with van der Waals surface area (Å²) >= 11 is 0. The molecule has 0 spiro atoms. The summed E-state index contributed by atoms with van der Waals surface area (Å²) in [6.45, 7) is 3.49. The number of aromatic nitrogens is 2. The SMILES string of the molecule is CNCCNC(=O)CCc1nc2c(C)cccc2[nH]1. The Hall–Kier alpha value is -1.88. The van der Waals surface area contributed by atoms with Gasteiger partial charge >= 0.3 is 0 Å². The molecule has 1 heterocycles. The summed E-state index contributed by atoms with van der Waals surface area (Å²) < 4.78 is 0. The number of H-pyrrole nitrogens is 1. The number of carbonyl (C=O) groups excluding carboxylic acids is 1. The van der Waals surface area contributed by atoms with E-state index in [1.807, 2.05) is 32.2 Å². The predicted octanol–water partition coefficient (Wildman–Crippen LogP) is 1.14. The third-order valence-electron chi connectivity index (χ3n) is 3.05. The topological polar surface area (TPSA) is 69.8 Å². The zero-order valence-electron chi connectivity index (χ0n) is 11.4. The fraction of sp³-hybridized carbons (Fsp3) is 0.429. The van der Waals surface area contributed by atoms with Crippen molar-refractivity contribution in [2.45, 2.75) is 19.8 Å². The van der Waals surface area contributed by atoms with E-state index in [1.54, 1.807) is 0 Å². The van der Waals surface area contributed by atoms with Crippen molar-refractivity contribution in [2.75, 3.05) is 20.1 Å². The Labute approximate surface area is 112 Å². The van der Waals surface area contributed by atoms with Gasteiger partial charge in [0.05, 0.1) is 11.0 Å². The van der Waals surface area contributed by atoms with E-state index in [9.17, 15) is 4.79 Å². The van der Waals surface area contributed by atoms with Gasteiger partial charge in [0.1, 0.15) is 5.82 Å². The number of hydrogen-bond donors (Lipinski definition) is 3. The number of para-hydroxylation sites is 1. The largest absolute Gasteiger partial charge is 0.355 e. The summed E-state index contributed by atoms with van der Waals surface area (Å²) in [6, 6.07) is 6.05. The first-order valence-corrected chi connectivity index (χ1v) is 6.56. The summed E-state index contributed by atoms with van der Waals surface area (Å²) in [5, 5.41) is 5.84. The van der Waals surface area contributed by atoms with Crippen LogP contribution in [0.2, 0.25) is 0 Å². The van der Waals surface area contributed by atoms with Crippen molar-refractivity contribution in [3.8, 4) is 0 Å². The maximum atomic E-state index is 11.6. The van der Waals surface area contributed by atoms with Gasteiger partial charge in [-0.3, -0.25) is 4.79 Å². The monoisotopic (exact) mass is 260 g/mol. The van der Waals surface area contributed by atoms with Crippen LogP contribution in [0, 0.1) is 6.92 Å². The van der Waals surface area contributed by atoms with Crippen molar-refractivity contribution in [1.82, 2.24) is 20.6 Å². The molecule has 0 aliphatic heterocycles. The molecule has 0 unspecified atom stereocenters. The van der Waals surface area contributed by atoms with Crippen molar-refractivity contribution in [3.05, 3.63) is 29.6 Å². The van der Waals surface area contributed by atoms with Gasteiger partial charge in [-0.05, 0) is 25.6 Å². The normalized spacial score (nSPS) is 10.8. The molecule has 0 radical (unpaired) electrons. The maximum Gasteiger partial charge on any atom is 0.220 e. The van der Waals surface area contributed by atoms with Gasteiger partial charge in [0.15, 0.2) is 0 Å². The zero-order valence-corrected chi connectivity index (χ0v) is 11.4. The lowest BCUT2D eigenvalue weighted by Gasteiger charge is -2.03. The number of imidazole rings is 1. The van der Waals surface area contributed by atoms with E-state index in [4.69, 9.17) is 0 Å². The molecule has 0 aliphatic rings. The highest BCUT2D eigenvalue weighted by molar-refractivity contribution is 5.79. The van der Waals surface area contributed by atoms with Crippen LogP contribution in [-0.2, 0) is 11.2 Å². The van der Waals surface area contributed by atoms with Gasteiger partial charge in [-0.15, -0.1) is 0 Å². The van der Waals surface area contributed by atoms with Crippen molar-refractivity contribution in [3.63, 3.8) is 0 Å². The number of aromatic amines is 1. The first kappa shape index (κ1) is 13.5. The highest BCUT2D eigenvalue weighted by Gasteiger charge is 2.07. The fourth-order valence-electron chi connectivity index (χ4n) is 1.99. The zero-order chi connectivity index (χ0) is 13.7. The Morgan fingerprint density at radius 3 is 2.95 bits per heavy atom. The molecule has 5 nitrogen and oxygen atoms in total. The van der Waals surface area contributed by atoms with Crippen LogP contribution in [0.3, 0.4) is 0 Å². The number of rotatable bonds is 6. The van der Waals surface area contributed by atoms with Gasteiger partial charge in [-0.1, -0.05) is 12.1 Å². The molecule has 0 saturated heterocycles. The fourth-order valence-corrected chi connectivity index (χ4v) is 1.99. The molecule has 0 bridgehead atoms. The third kappa shape index (κ3) is 3.54. The molecule has 1 aromatic carbocycles. The molecule has 0 atom stereocenters. The van der Waals surface area contributed by atoms with Gasteiger partial charge in [0.2, 0.25) is 5.91 Å². The summed E-state index contributed by atoms with van der Waals surface area (Å²) in [6.07, 6.45) is 1.10. The first-order chi connectivity index (χ1) is 9.20. The van der Waals surface area contributed by atoms with E-state index >= 15 is 0 Å². The Morgan fingerprint density at radius 2 is 2.21 bits per heavy atom. The van der Waals surface area contributed by atoms with Gasteiger partial charge in [-0.25, -0.2) is 4.98 Å². The van der Waals surface area contributed by atoms with Crippen LogP contribution < -0.4 is 10.6 Å². The lowest BCUT2D eigenvalue weighted by molar-refractivity contribution is -0.121. The van der Waals surface area contributed by atoms with Crippen LogP contribution in [0.25, 0.3) is 11.0 Å². The second kappa shape index (κ2) is 6.33. The number of hydrogen-bond acceptors (Lipinski definition) is 3. The number of nitrogens with zero attached hydrogens (tertiary/aromatic N) is 1. The number of fused-ring (bicyclic) bond motifs is 1. The van der Waals surface area contributed by atoms with Gasteiger partial charge in [0.25, 0.3) is 0 Å². The minimum absolute atomic E-state index is 0.0624. The molecule has 3 N–H and O–H groups in total. The van der Waals surface area contributed by atoms with Gasteiger partial charge < -0.3 is 15.6 Å². The standard InChI is InChI=1S/C14H20N4O/c1-10-4-3-5-11-14(10)18-12(17-11)6-7-13(19)16-9-8-15-2/h3-5,15H,6-9H2,1-2H3,(H,16,19)(H,17,18). The van der Waals surface area contributed by atoms with Crippen LogP contribution in [0.5, 0.6) is 0 Å². The van der Waals surface area contributed by atoms with Crippen LogP contribution in [0.1, 0.15) is 17.8 Å². The second-order valence-electron chi connectivity index (χ2n) is 4.61. The summed E-state index contributed by atoms with van der Waals surface area (Å²) in [7, 11) is 1.86. The Kier molecular flexibility index (Phi) is 4.52. The Balaban J connectivity index is 1.91. The first-order valence-electron chi connectivity index (χ1n) is 6.56. The van der Waals surface area contributed by atoms with E-state index < -0.39 is 0 Å². The van der Waals surface area contributed by atoms with Crippen molar-refractivity contribution < 1.29 is 4.79 Å². The van der Waals surface area contributed by atoms with Crippen molar-refractivity contribution in [2.24, 2.45) is 0 Å². The number of nitrogens with one attached hydrogen (secondary N) is 3.